The van der Waals surface area contributed by atoms with Crippen molar-refractivity contribution in [1.29, 1.82) is 0 Å². The summed E-state index contributed by atoms with van der Waals surface area (Å²) in [4.78, 5) is 35.7. The summed E-state index contributed by atoms with van der Waals surface area (Å²) in [6.45, 7) is 7.49. The number of benzene rings is 1. The molecule has 30 heavy (non-hydrogen) atoms. The first-order valence-corrected chi connectivity index (χ1v) is 10.4. The van der Waals surface area contributed by atoms with Gasteiger partial charge in [0.1, 0.15) is 12.0 Å². The third-order valence-electron chi connectivity index (χ3n) is 5.81. The maximum Gasteiger partial charge on any atom is 0.256 e. The van der Waals surface area contributed by atoms with E-state index in [-0.39, 0.29) is 18.0 Å². The lowest BCUT2D eigenvalue weighted by molar-refractivity contribution is -0.117. The Morgan fingerprint density at radius 3 is 2.53 bits per heavy atom. The van der Waals surface area contributed by atoms with Crippen LogP contribution < -0.4 is 15.5 Å². The van der Waals surface area contributed by atoms with Crippen LogP contribution in [0.2, 0.25) is 0 Å². The third kappa shape index (κ3) is 4.29. The topological polar surface area (TPSA) is 80.8 Å². The number of fused-ring (bicyclic) bond motifs is 1. The first kappa shape index (κ1) is 20.3. The van der Waals surface area contributed by atoms with E-state index in [1.54, 1.807) is 18.3 Å². The highest BCUT2D eigenvalue weighted by molar-refractivity contribution is 6.01. The molecule has 1 aromatic carbocycles. The molecule has 2 aliphatic rings. The summed E-state index contributed by atoms with van der Waals surface area (Å²) in [6.07, 6.45) is 1.38. The Balaban J connectivity index is 1.36. The third-order valence-corrected chi connectivity index (χ3v) is 5.81. The number of nitrogens with zero attached hydrogens (tertiary/aromatic N) is 4. The van der Waals surface area contributed by atoms with Crippen LogP contribution in [0.15, 0.2) is 42.6 Å². The highest BCUT2D eigenvalue weighted by Crippen LogP contribution is 2.30. The summed E-state index contributed by atoms with van der Waals surface area (Å²) in [5, 5.41) is 5.98. The molecular weight excluding hydrogens is 380 g/mol. The van der Waals surface area contributed by atoms with Crippen LogP contribution in [0.1, 0.15) is 29.0 Å². The van der Waals surface area contributed by atoms with E-state index >= 15 is 0 Å². The van der Waals surface area contributed by atoms with Crippen molar-refractivity contribution in [3.8, 4) is 0 Å². The molecule has 8 heteroatoms. The summed E-state index contributed by atoms with van der Waals surface area (Å²) in [7, 11) is 1.91. The Morgan fingerprint density at radius 2 is 1.83 bits per heavy atom. The maximum atomic E-state index is 12.4. The van der Waals surface area contributed by atoms with Gasteiger partial charge in [-0.15, -0.1) is 0 Å². The zero-order chi connectivity index (χ0) is 21.1. The van der Waals surface area contributed by atoms with E-state index in [0.29, 0.717) is 17.9 Å². The van der Waals surface area contributed by atoms with Crippen LogP contribution in [-0.2, 0) is 4.79 Å². The minimum atomic E-state index is -0.306. The summed E-state index contributed by atoms with van der Waals surface area (Å²) in [5.74, 6) is 0.516. The zero-order valence-electron chi connectivity index (χ0n) is 17.5. The largest absolute Gasteiger partial charge is 0.335 e. The second-order valence-corrected chi connectivity index (χ2v) is 7.74. The van der Waals surface area contributed by atoms with Gasteiger partial charge >= 0.3 is 0 Å². The number of carbonyl (C=O) groups is 2. The molecule has 8 nitrogen and oxygen atoms in total. The summed E-state index contributed by atoms with van der Waals surface area (Å²) >= 11 is 0. The average Bonchev–Trinajstić information content (AvgIpc) is 2.77. The van der Waals surface area contributed by atoms with Gasteiger partial charge in [0.25, 0.3) is 5.91 Å². The number of anilines is 2. The number of hydrogen-bond acceptors (Lipinski definition) is 6. The number of hydrogen-bond donors (Lipinski definition) is 2. The molecule has 0 aliphatic carbocycles. The van der Waals surface area contributed by atoms with Gasteiger partial charge in [-0.3, -0.25) is 14.5 Å². The fraction of sp³-hybridized carbons (Fsp3) is 0.409. The molecule has 1 saturated heterocycles. The van der Waals surface area contributed by atoms with Crippen LogP contribution in [0.3, 0.4) is 0 Å². The van der Waals surface area contributed by atoms with E-state index in [9.17, 15) is 9.59 Å². The molecule has 3 heterocycles. The Labute approximate surface area is 176 Å². The molecule has 4 rings (SSSR count). The highest BCUT2D eigenvalue weighted by atomic mass is 16.2. The molecule has 0 unspecified atom stereocenters. The van der Waals surface area contributed by atoms with Crippen LogP contribution >= 0.6 is 0 Å². The molecule has 0 spiro atoms. The molecule has 0 bridgehead atoms. The lowest BCUT2D eigenvalue weighted by Crippen LogP contribution is -2.48. The molecule has 2 aromatic rings. The van der Waals surface area contributed by atoms with E-state index in [1.165, 1.54) is 0 Å². The zero-order valence-corrected chi connectivity index (χ0v) is 17.5. The Morgan fingerprint density at radius 1 is 1.13 bits per heavy atom. The van der Waals surface area contributed by atoms with Crippen molar-refractivity contribution >= 4 is 23.3 Å². The van der Waals surface area contributed by atoms with Crippen molar-refractivity contribution in [3.05, 3.63) is 53.7 Å². The second-order valence-electron chi connectivity index (χ2n) is 7.74. The van der Waals surface area contributed by atoms with Crippen molar-refractivity contribution in [1.82, 2.24) is 20.1 Å². The van der Waals surface area contributed by atoms with Crippen molar-refractivity contribution in [2.75, 3.05) is 56.5 Å². The van der Waals surface area contributed by atoms with Gasteiger partial charge in [-0.25, -0.2) is 4.98 Å². The average molecular weight is 409 g/mol. The first-order valence-electron chi connectivity index (χ1n) is 10.4. The molecule has 2 N–H and O–H groups in total. The molecule has 0 radical (unpaired) electrons. The number of pyridine rings is 1. The van der Waals surface area contributed by atoms with Gasteiger partial charge in [0.2, 0.25) is 5.91 Å². The normalized spacial score (nSPS) is 19.9. The van der Waals surface area contributed by atoms with Gasteiger partial charge in [-0.2, -0.15) is 0 Å². The van der Waals surface area contributed by atoms with Gasteiger partial charge < -0.3 is 20.4 Å². The molecule has 0 saturated carbocycles. The number of amides is 2. The van der Waals surface area contributed by atoms with E-state index < -0.39 is 0 Å². The Bertz CT molecular complexity index is 908. The van der Waals surface area contributed by atoms with Crippen molar-refractivity contribution in [2.45, 2.75) is 13.1 Å². The molecule has 1 fully saturated rings. The highest BCUT2D eigenvalue weighted by Gasteiger charge is 2.30. The standard InChI is InChI=1S/C22H28N6O2/c1-3-27-11-13-28(14-12-27)15-19(29)24-17-8-6-16(7-9-17)20-25-22(30)18-5-4-10-23-21(18)26(20)2/h4-10,20H,3,11-15H2,1-2H3,(H,24,29)(H,25,30)/t20-/m1/s1. The number of piperazine rings is 1. The molecule has 158 valence electrons. The summed E-state index contributed by atoms with van der Waals surface area (Å²) in [6, 6.07) is 11.1. The number of rotatable bonds is 5. The van der Waals surface area contributed by atoms with Gasteiger partial charge in [-0.05, 0) is 36.4 Å². The van der Waals surface area contributed by atoms with Crippen molar-refractivity contribution in [3.63, 3.8) is 0 Å². The smallest absolute Gasteiger partial charge is 0.256 e. The summed E-state index contributed by atoms with van der Waals surface area (Å²) in [5.41, 5.74) is 2.25. The van der Waals surface area contributed by atoms with E-state index in [0.717, 1.165) is 44.0 Å². The van der Waals surface area contributed by atoms with Crippen LogP contribution in [0, 0.1) is 0 Å². The predicted molar refractivity (Wildman–Crippen MR) is 116 cm³/mol. The fourth-order valence-electron chi connectivity index (χ4n) is 4.00. The van der Waals surface area contributed by atoms with Gasteiger partial charge in [0, 0.05) is 45.1 Å². The van der Waals surface area contributed by atoms with Crippen LogP contribution in [0.5, 0.6) is 0 Å². The Hall–Kier alpha value is -2.97. The van der Waals surface area contributed by atoms with E-state index in [1.807, 2.05) is 36.2 Å². The van der Waals surface area contributed by atoms with E-state index in [2.05, 4.69) is 32.3 Å². The van der Waals surface area contributed by atoms with Gasteiger partial charge in [-0.1, -0.05) is 19.1 Å². The lowest BCUT2D eigenvalue weighted by atomic mass is 10.1. The number of nitrogens with one attached hydrogen (secondary N) is 2. The Kier molecular flexibility index (Phi) is 5.96. The fourth-order valence-corrected chi connectivity index (χ4v) is 4.00. The van der Waals surface area contributed by atoms with Gasteiger partial charge in [0.15, 0.2) is 0 Å². The minimum absolute atomic E-state index is 0.00564. The summed E-state index contributed by atoms with van der Waals surface area (Å²) < 4.78 is 0. The van der Waals surface area contributed by atoms with E-state index in [4.69, 9.17) is 0 Å². The lowest BCUT2D eigenvalue weighted by Gasteiger charge is -2.35. The number of carbonyl (C=O) groups excluding carboxylic acids is 2. The van der Waals surface area contributed by atoms with Gasteiger partial charge in [0.05, 0.1) is 12.1 Å². The van der Waals surface area contributed by atoms with Crippen molar-refractivity contribution in [2.24, 2.45) is 0 Å². The minimum Gasteiger partial charge on any atom is -0.335 e. The van der Waals surface area contributed by atoms with Crippen LogP contribution in [0.25, 0.3) is 0 Å². The molecule has 1 aromatic heterocycles. The van der Waals surface area contributed by atoms with Crippen LogP contribution in [0.4, 0.5) is 11.5 Å². The SMILES string of the molecule is CCN1CCN(CC(=O)Nc2ccc([C@@H]3NC(=O)c4cccnc4N3C)cc2)CC1. The molecular formula is C22H28N6O2. The van der Waals surface area contributed by atoms with Crippen molar-refractivity contribution < 1.29 is 9.59 Å². The predicted octanol–water partition coefficient (Wildman–Crippen LogP) is 1.54. The molecule has 2 amide bonds. The number of aromatic nitrogens is 1. The molecule has 2 aliphatic heterocycles. The number of likely N-dealkylation sites (N-methyl/N-ethyl adjacent to an activating group) is 1. The monoisotopic (exact) mass is 408 g/mol. The molecule has 1 atom stereocenters. The van der Waals surface area contributed by atoms with Crippen LogP contribution in [-0.4, -0.2) is 72.9 Å². The maximum absolute atomic E-state index is 12.4. The first-order chi connectivity index (χ1) is 14.5. The quantitative estimate of drug-likeness (QED) is 0.781. The second kappa shape index (κ2) is 8.81.